The fourth-order valence-corrected chi connectivity index (χ4v) is 5.20. The van der Waals surface area contributed by atoms with Crippen molar-refractivity contribution in [3.05, 3.63) is 94.2 Å². The second kappa shape index (κ2) is 11.8. The molecule has 0 aliphatic heterocycles. The van der Waals surface area contributed by atoms with Gasteiger partial charge in [0.25, 0.3) is 5.91 Å². The molecule has 0 bridgehead atoms. The topological polar surface area (TPSA) is 120 Å². The van der Waals surface area contributed by atoms with Gasteiger partial charge in [-0.05, 0) is 61.0 Å². The van der Waals surface area contributed by atoms with Gasteiger partial charge in [-0.2, -0.15) is 0 Å². The Morgan fingerprint density at radius 3 is 2.26 bits per heavy atom. The Hall–Kier alpha value is -4.51. The normalized spacial score (nSPS) is 11.9. The first kappa shape index (κ1) is 27.6. The van der Waals surface area contributed by atoms with Crippen LogP contribution in [0.25, 0.3) is 45.2 Å². The third-order valence-corrected chi connectivity index (χ3v) is 7.77. The van der Waals surface area contributed by atoms with Crippen LogP contribution in [0.2, 0.25) is 10.0 Å². The summed E-state index contributed by atoms with van der Waals surface area (Å²) in [6.45, 7) is 1.75. The van der Waals surface area contributed by atoms with Crippen molar-refractivity contribution >= 4 is 62.6 Å². The number of nitrogens with one attached hydrogen (secondary N) is 1. The van der Waals surface area contributed by atoms with Crippen molar-refractivity contribution in [3.63, 3.8) is 0 Å². The van der Waals surface area contributed by atoms with Gasteiger partial charge in [-0.1, -0.05) is 36.2 Å². The Bertz CT molecular complexity index is 1900. The van der Waals surface area contributed by atoms with E-state index < -0.39 is 18.0 Å². The zero-order chi connectivity index (χ0) is 29.2. The number of rotatable bonds is 8. The predicted octanol–water partition coefficient (Wildman–Crippen LogP) is 8.15. The van der Waals surface area contributed by atoms with E-state index in [2.05, 4.69) is 10.3 Å². The smallest absolute Gasteiger partial charge is 0.338 e. The Morgan fingerprint density at radius 1 is 0.905 bits per heavy atom. The Labute approximate surface area is 253 Å². The molecular weight excluding hydrogens is 599 g/mol. The molecule has 210 valence electrons. The SMILES string of the molecule is CCC(OC(=O)c1ccc2nc(-c3ccco3)c(-c3ccco3)nc2c1)C(=O)Nc1nc(-c2ccc(Cl)c(Cl)c2)cs1. The van der Waals surface area contributed by atoms with Crippen molar-refractivity contribution in [2.24, 2.45) is 0 Å². The highest BCUT2D eigenvalue weighted by molar-refractivity contribution is 7.14. The molecule has 0 aliphatic carbocycles. The van der Waals surface area contributed by atoms with Crippen LogP contribution in [0.3, 0.4) is 0 Å². The molecule has 0 radical (unpaired) electrons. The number of amides is 1. The molecule has 6 aromatic rings. The van der Waals surface area contributed by atoms with E-state index in [0.29, 0.717) is 54.8 Å². The molecule has 1 atom stereocenters. The number of carbonyl (C=O) groups is 2. The molecule has 12 heteroatoms. The van der Waals surface area contributed by atoms with Gasteiger partial charge in [0.1, 0.15) is 11.4 Å². The van der Waals surface area contributed by atoms with Crippen LogP contribution < -0.4 is 5.32 Å². The van der Waals surface area contributed by atoms with Crippen molar-refractivity contribution < 1.29 is 23.2 Å². The van der Waals surface area contributed by atoms with E-state index >= 15 is 0 Å². The molecular formula is C30H20Cl2N4O5S. The van der Waals surface area contributed by atoms with Crippen LogP contribution in [0.15, 0.2) is 87.4 Å². The number of aromatic nitrogens is 3. The second-order valence-electron chi connectivity index (χ2n) is 9.04. The summed E-state index contributed by atoms with van der Waals surface area (Å²) in [6.07, 6.45) is 2.30. The Kier molecular flexibility index (Phi) is 7.75. The molecule has 6 rings (SSSR count). The first-order chi connectivity index (χ1) is 20.4. The summed E-state index contributed by atoms with van der Waals surface area (Å²) in [6, 6.07) is 17.0. The number of halogens is 2. The fraction of sp³-hybridized carbons (Fsp3) is 0.100. The maximum Gasteiger partial charge on any atom is 0.338 e. The molecule has 1 amide bonds. The first-order valence-electron chi connectivity index (χ1n) is 12.7. The first-order valence-corrected chi connectivity index (χ1v) is 14.4. The summed E-state index contributed by atoms with van der Waals surface area (Å²) in [5.74, 6) is -0.146. The average Bonchev–Trinajstić information content (AvgIpc) is 3.80. The summed E-state index contributed by atoms with van der Waals surface area (Å²) in [5.41, 5.74) is 3.55. The van der Waals surface area contributed by atoms with Crippen LogP contribution in [-0.2, 0) is 9.53 Å². The molecule has 1 unspecified atom stereocenters. The molecule has 0 spiro atoms. The highest BCUT2D eigenvalue weighted by atomic mass is 35.5. The molecule has 0 saturated heterocycles. The minimum atomic E-state index is -1.04. The average molecular weight is 619 g/mol. The maximum absolute atomic E-state index is 13.1. The summed E-state index contributed by atoms with van der Waals surface area (Å²) in [7, 11) is 0. The standard InChI is InChI=1S/C30H20Cl2N4O5S/c1-2-23(28(37)36-30-35-22(15-42-30)16-7-9-18(31)19(32)13-16)41-29(38)17-8-10-20-21(14-17)34-27(25-6-4-12-40-25)26(33-20)24-5-3-11-39-24/h3-15,23H,2H2,1H3,(H,35,36,37). The molecule has 4 heterocycles. The van der Waals surface area contributed by atoms with Gasteiger partial charge >= 0.3 is 5.97 Å². The van der Waals surface area contributed by atoms with Gasteiger partial charge in [-0.15, -0.1) is 11.3 Å². The van der Waals surface area contributed by atoms with Gasteiger partial charge in [-0.3, -0.25) is 10.1 Å². The Balaban J connectivity index is 1.20. The number of esters is 1. The molecule has 9 nitrogen and oxygen atoms in total. The maximum atomic E-state index is 13.1. The highest BCUT2D eigenvalue weighted by Crippen LogP contribution is 2.33. The van der Waals surface area contributed by atoms with E-state index in [9.17, 15) is 9.59 Å². The van der Waals surface area contributed by atoms with Crippen LogP contribution >= 0.6 is 34.5 Å². The van der Waals surface area contributed by atoms with E-state index in [4.69, 9.17) is 46.7 Å². The van der Waals surface area contributed by atoms with Crippen molar-refractivity contribution in [1.29, 1.82) is 0 Å². The molecule has 4 aromatic heterocycles. The third-order valence-electron chi connectivity index (χ3n) is 6.27. The number of fused-ring (bicyclic) bond motifs is 1. The summed E-state index contributed by atoms with van der Waals surface area (Å²) in [5, 5.41) is 5.71. The van der Waals surface area contributed by atoms with Crippen LogP contribution in [0.4, 0.5) is 5.13 Å². The van der Waals surface area contributed by atoms with E-state index in [-0.39, 0.29) is 12.0 Å². The van der Waals surface area contributed by atoms with Gasteiger partial charge in [0.15, 0.2) is 22.8 Å². The van der Waals surface area contributed by atoms with E-state index in [1.54, 1.807) is 79.2 Å². The number of nitrogens with zero attached hydrogens (tertiary/aromatic N) is 3. The number of thiazole rings is 1. The van der Waals surface area contributed by atoms with Gasteiger partial charge in [0.05, 0.1) is 44.9 Å². The zero-order valence-corrected chi connectivity index (χ0v) is 24.2. The lowest BCUT2D eigenvalue weighted by Gasteiger charge is -2.15. The molecule has 0 aliphatic rings. The van der Waals surface area contributed by atoms with Crippen molar-refractivity contribution in [2.45, 2.75) is 19.4 Å². The highest BCUT2D eigenvalue weighted by Gasteiger charge is 2.24. The number of hydrogen-bond donors (Lipinski definition) is 1. The number of carbonyl (C=O) groups excluding carboxylic acids is 2. The van der Waals surface area contributed by atoms with Gasteiger partial charge in [-0.25, -0.2) is 19.7 Å². The molecule has 1 N–H and O–H groups in total. The quantitative estimate of drug-likeness (QED) is 0.170. The zero-order valence-electron chi connectivity index (χ0n) is 21.8. The molecule has 42 heavy (non-hydrogen) atoms. The number of hydrogen-bond acceptors (Lipinski definition) is 9. The summed E-state index contributed by atoms with van der Waals surface area (Å²) >= 11 is 13.4. The largest absolute Gasteiger partial charge is 0.463 e. The van der Waals surface area contributed by atoms with Crippen molar-refractivity contribution in [3.8, 4) is 34.2 Å². The van der Waals surface area contributed by atoms with Gasteiger partial charge in [0.2, 0.25) is 0 Å². The lowest BCUT2D eigenvalue weighted by Crippen LogP contribution is -2.32. The molecule has 0 fully saturated rings. The predicted molar refractivity (Wildman–Crippen MR) is 161 cm³/mol. The summed E-state index contributed by atoms with van der Waals surface area (Å²) < 4.78 is 16.7. The van der Waals surface area contributed by atoms with Crippen LogP contribution in [0.1, 0.15) is 23.7 Å². The molecule has 0 saturated carbocycles. The monoisotopic (exact) mass is 618 g/mol. The van der Waals surface area contributed by atoms with Crippen LogP contribution in [0.5, 0.6) is 0 Å². The minimum absolute atomic E-state index is 0.218. The number of furan rings is 2. The third kappa shape index (κ3) is 5.64. The van der Waals surface area contributed by atoms with E-state index in [0.717, 1.165) is 5.56 Å². The van der Waals surface area contributed by atoms with Gasteiger partial charge < -0.3 is 13.6 Å². The number of anilines is 1. The summed E-state index contributed by atoms with van der Waals surface area (Å²) in [4.78, 5) is 40.0. The molecule has 2 aromatic carbocycles. The second-order valence-corrected chi connectivity index (χ2v) is 10.7. The van der Waals surface area contributed by atoms with Crippen LogP contribution in [-0.4, -0.2) is 32.9 Å². The van der Waals surface area contributed by atoms with E-state index in [1.807, 2.05) is 0 Å². The minimum Gasteiger partial charge on any atom is -0.463 e. The van der Waals surface area contributed by atoms with Crippen molar-refractivity contribution in [1.82, 2.24) is 15.0 Å². The van der Waals surface area contributed by atoms with Crippen LogP contribution in [0, 0.1) is 0 Å². The lowest BCUT2D eigenvalue weighted by atomic mass is 10.1. The fourth-order valence-electron chi connectivity index (χ4n) is 4.18. The lowest BCUT2D eigenvalue weighted by molar-refractivity contribution is -0.124. The number of ether oxygens (including phenoxy) is 1. The Morgan fingerprint density at radius 2 is 1.62 bits per heavy atom. The van der Waals surface area contributed by atoms with Crippen molar-refractivity contribution in [2.75, 3.05) is 5.32 Å². The number of benzene rings is 2. The van der Waals surface area contributed by atoms with Gasteiger partial charge in [0, 0.05) is 10.9 Å². The van der Waals surface area contributed by atoms with E-state index in [1.165, 1.54) is 17.6 Å².